The van der Waals surface area contributed by atoms with Crippen LogP contribution in [0.4, 0.5) is 0 Å². The summed E-state index contributed by atoms with van der Waals surface area (Å²) >= 11 is 0. The van der Waals surface area contributed by atoms with Gasteiger partial charge in [-0.05, 0) is 18.9 Å². The number of H-pyrrole nitrogens is 1. The Labute approximate surface area is 113 Å². The molecule has 1 saturated heterocycles. The van der Waals surface area contributed by atoms with E-state index in [4.69, 9.17) is 15.4 Å². The number of aromatic amines is 1. The summed E-state index contributed by atoms with van der Waals surface area (Å²) < 4.78 is 6.88. The monoisotopic (exact) mass is 281 g/mol. The topological polar surface area (TPSA) is 133 Å². The van der Waals surface area contributed by atoms with Gasteiger partial charge in [0.1, 0.15) is 0 Å². The van der Waals surface area contributed by atoms with E-state index in [2.05, 4.69) is 15.0 Å². The Bertz CT molecular complexity index is 645. The van der Waals surface area contributed by atoms with Crippen molar-refractivity contribution in [1.29, 1.82) is 0 Å². The van der Waals surface area contributed by atoms with Crippen molar-refractivity contribution in [2.75, 3.05) is 6.61 Å². The van der Waals surface area contributed by atoms with E-state index in [1.54, 1.807) is 6.92 Å². The number of rotatable bonds is 4. The van der Waals surface area contributed by atoms with Crippen LogP contribution in [0.5, 0.6) is 0 Å². The van der Waals surface area contributed by atoms with Gasteiger partial charge >= 0.3 is 5.69 Å². The summed E-state index contributed by atoms with van der Waals surface area (Å²) in [4.78, 5) is 27.9. The Hall–Kier alpha value is -2.09. The second-order valence-corrected chi connectivity index (χ2v) is 4.71. The Kier molecular flexibility index (Phi) is 4.23. The number of aryl methyl sites for hydroxylation is 1. The second kappa shape index (κ2) is 5.91. The molecule has 2 rings (SSSR count). The van der Waals surface area contributed by atoms with Crippen molar-refractivity contribution >= 4 is 0 Å². The van der Waals surface area contributed by atoms with Crippen LogP contribution in [-0.4, -0.2) is 39.5 Å². The second-order valence-electron chi connectivity index (χ2n) is 4.71. The third kappa shape index (κ3) is 2.90. The molecule has 3 atom stereocenters. The highest BCUT2D eigenvalue weighted by Crippen LogP contribution is 2.24. The lowest BCUT2D eigenvalue weighted by Gasteiger charge is -2.13. The minimum atomic E-state index is -0.560. The van der Waals surface area contributed by atoms with Gasteiger partial charge in [-0.3, -0.25) is 14.3 Å². The van der Waals surface area contributed by atoms with Gasteiger partial charge in [-0.15, -0.1) is 0 Å². The molecule has 0 spiro atoms. The molecule has 1 fully saturated rings. The van der Waals surface area contributed by atoms with E-state index < -0.39 is 23.4 Å². The van der Waals surface area contributed by atoms with Gasteiger partial charge in [-0.25, -0.2) is 4.79 Å². The number of hydrogen-bond donors (Lipinski definition) is 2. The lowest BCUT2D eigenvalue weighted by molar-refractivity contribution is 0.00102. The van der Waals surface area contributed by atoms with Crippen molar-refractivity contribution in [3.05, 3.63) is 43.0 Å². The molecule has 0 amide bonds. The maximum atomic E-state index is 11.7. The van der Waals surface area contributed by atoms with E-state index in [9.17, 15) is 9.59 Å². The van der Waals surface area contributed by atoms with Crippen molar-refractivity contribution in [2.24, 2.45) is 5.11 Å². The van der Waals surface area contributed by atoms with Crippen LogP contribution < -0.4 is 11.2 Å². The summed E-state index contributed by atoms with van der Waals surface area (Å²) in [7, 11) is 0. The van der Waals surface area contributed by atoms with E-state index in [-0.39, 0.29) is 19.3 Å². The third-order valence-electron chi connectivity index (χ3n) is 3.27. The van der Waals surface area contributed by atoms with E-state index in [1.165, 1.54) is 10.8 Å². The lowest BCUT2D eigenvalue weighted by Crippen LogP contribution is -2.34. The molecule has 108 valence electrons. The van der Waals surface area contributed by atoms with E-state index in [1.807, 2.05) is 0 Å². The van der Waals surface area contributed by atoms with Crippen molar-refractivity contribution < 1.29 is 9.84 Å². The average Bonchev–Trinajstić information content (AvgIpc) is 2.78. The Morgan fingerprint density at radius 1 is 1.65 bits per heavy atom. The van der Waals surface area contributed by atoms with Crippen LogP contribution in [0.3, 0.4) is 0 Å². The lowest BCUT2D eigenvalue weighted by atomic mass is 10.1. The molecule has 1 aromatic heterocycles. The molecule has 1 aromatic rings. The number of azide groups is 1. The molecule has 0 aliphatic carbocycles. The van der Waals surface area contributed by atoms with Crippen LogP contribution in [0, 0.1) is 6.92 Å². The largest absolute Gasteiger partial charge is 0.394 e. The average molecular weight is 281 g/mol. The van der Waals surface area contributed by atoms with Crippen LogP contribution in [0.15, 0.2) is 20.9 Å². The number of aliphatic hydroxyl groups excluding tert-OH is 1. The van der Waals surface area contributed by atoms with E-state index in [0.29, 0.717) is 12.0 Å². The number of aromatic nitrogens is 2. The van der Waals surface area contributed by atoms with Gasteiger partial charge in [0.15, 0.2) is 0 Å². The molecule has 2 heterocycles. The molecule has 9 nitrogen and oxygen atoms in total. The molecule has 9 heteroatoms. The highest BCUT2D eigenvalue weighted by atomic mass is 16.5. The molecular formula is C11H15N5O4. The summed E-state index contributed by atoms with van der Waals surface area (Å²) in [6.45, 7) is 1.58. The smallest absolute Gasteiger partial charge is 0.328 e. The zero-order valence-corrected chi connectivity index (χ0v) is 10.9. The van der Waals surface area contributed by atoms with Gasteiger partial charge in [0, 0.05) is 16.7 Å². The fourth-order valence-corrected chi connectivity index (χ4v) is 2.26. The maximum Gasteiger partial charge on any atom is 0.328 e. The van der Waals surface area contributed by atoms with Gasteiger partial charge in [0.2, 0.25) is 0 Å². The van der Waals surface area contributed by atoms with Crippen LogP contribution in [-0.2, 0) is 11.3 Å². The normalized spacial score (nSPS) is 25.4. The molecule has 0 saturated carbocycles. The number of ether oxygens (including phenoxy) is 1. The highest BCUT2D eigenvalue weighted by molar-refractivity contribution is 5.01. The molecular weight excluding hydrogens is 266 g/mol. The Morgan fingerprint density at radius 2 is 2.40 bits per heavy atom. The Morgan fingerprint density at radius 3 is 3.05 bits per heavy atom. The number of nitrogens with zero attached hydrogens (tertiary/aromatic N) is 4. The molecule has 0 radical (unpaired) electrons. The van der Waals surface area contributed by atoms with Gasteiger partial charge in [-0.1, -0.05) is 5.11 Å². The molecule has 1 aliphatic heterocycles. The molecule has 0 aromatic carbocycles. The number of nitrogens with one attached hydrogen (secondary N) is 1. The van der Waals surface area contributed by atoms with Crippen LogP contribution in [0.2, 0.25) is 0 Å². The van der Waals surface area contributed by atoms with Crippen molar-refractivity contribution in [3.63, 3.8) is 0 Å². The third-order valence-corrected chi connectivity index (χ3v) is 3.27. The number of hydrogen-bond acceptors (Lipinski definition) is 5. The Balaban J connectivity index is 2.16. The fourth-order valence-electron chi connectivity index (χ4n) is 2.26. The standard InChI is InChI=1S/C11H15N5O4/c1-6-3-16(11(19)13-10(6)18)4-7-2-8(14-15-12)9(5-17)20-7/h3,7-9,17H,2,4-5H2,1H3,(H,13,18,19)/t7-,8?,9-/m0/s1. The predicted molar refractivity (Wildman–Crippen MR) is 69.4 cm³/mol. The first-order chi connectivity index (χ1) is 9.55. The molecule has 1 unspecified atom stereocenters. The van der Waals surface area contributed by atoms with E-state index >= 15 is 0 Å². The minimum absolute atomic E-state index is 0.227. The summed E-state index contributed by atoms with van der Waals surface area (Å²) in [5.41, 5.74) is 7.94. The van der Waals surface area contributed by atoms with Crippen molar-refractivity contribution in [1.82, 2.24) is 9.55 Å². The summed E-state index contributed by atoms with van der Waals surface area (Å²) in [6.07, 6.45) is 0.959. The maximum absolute atomic E-state index is 11.7. The fraction of sp³-hybridized carbons (Fsp3) is 0.636. The quantitative estimate of drug-likeness (QED) is 0.444. The van der Waals surface area contributed by atoms with Crippen LogP contribution in [0.1, 0.15) is 12.0 Å². The zero-order chi connectivity index (χ0) is 14.7. The van der Waals surface area contributed by atoms with Crippen LogP contribution in [0.25, 0.3) is 10.4 Å². The van der Waals surface area contributed by atoms with Crippen molar-refractivity contribution in [3.8, 4) is 0 Å². The van der Waals surface area contributed by atoms with Gasteiger partial charge < -0.3 is 9.84 Å². The summed E-state index contributed by atoms with van der Waals surface area (Å²) in [6, 6.07) is -0.449. The van der Waals surface area contributed by atoms with Gasteiger partial charge in [0.05, 0.1) is 31.4 Å². The predicted octanol–water partition coefficient (Wildman–Crippen LogP) is -0.326. The molecule has 1 aliphatic rings. The molecule has 20 heavy (non-hydrogen) atoms. The first kappa shape index (κ1) is 14.3. The van der Waals surface area contributed by atoms with Gasteiger partial charge in [0.25, 0.3) is 5.56 Å². The first-order valence-corrected chi connectivity index (χ1v) is 6.16. The highest BCUT2D eigenvalue weighted by Gasteiger charge is 2.34. The first-order valence-electron chi connectivity index (χ1n) is 6.16. The summed E-state index contributed by atoms with van der Waals surface area (Å²) in [5.74, 6) is 0. The molecule has 0 bridgehead atoms. The van der Waals surface area contributed by atoms with Gasteiger partial charge in [-0.2, -0.15) is 0 Å². The van der Waals surface area contributed by atoms with Crippen molar-refractivity contribution in [2.45, 2.75) is 38.1 Å². The minimum Gasteiger partial charge on any atom is -0.394 e. The number of aliphatic hydroxyl groups is 1. The molecule has 2 N–H and O–H groups in total. The van der Waals surface area contributed by atoms with Crippen LogP contribution >= 0.6 is 0 Å². The summed E-state index contributed by atoms with van der Waals surface area (Å²) in [5, 5.41) is 12.7. The zero-order valence-electron chi connectivity index (χ0n) is 10.9. The SMILES string of the molecule is Cc1cn(C[C@@H]2CC(N=[N+]=[N-])[C@H](CO)O2)c(=O)[nH]c1=O. The van der Waals surface area contributed by atoms with E-state index in [0.717, 1.165) is 0 Å².